The molecule has 0 bridgehead atoms. The van der Waals surface area contributed by atoms with Crippen LogP contribution in [0.25, 0.3) is 0 Å². The molecule has 2 aromatic rings. The van der Waals surface area contributed by atoms with E-state index < -0.39 is 0 Å². The van der Waals surface area contributed by atoms with E-state index in [4.69, 9.17) is 4.98 Å². The van der Waals surface area contributed by atoms with Gasteiger partial charge in [0.1, 0.15) is 0 Å². The molecule has 1 N–H and O–H groups in total. The van der Waals surface area contributed by atoms with Gasteiger partial charge in [0.05, 0.1) is 5.69 Å². The largest absolute Gasteiger partial charge is 0.326 e. The van der Waals surface area contributed by atoms with Crippen LogP contribution in [0.5, 0.6) is 0 Å². The van der Waals surface area contributed by atoms with Gasteiger partial charge in [-0.3, -0.25) is 0 Å². The van der Waals surface area contributed by atoms with Gasteiger partial charge in [-0.05, 0) is 25.0 Å². The fourth-order valence-corrected chi connectivity index (χ4v) is 5.11. The van der Waals surface area contributed by atoms with Crippen molar-refractivity contribution in [1.29, 1.82) is 0 Å². The molecule has 0 saturated carbocycles. The standard InChI is InChI=1S/C25H37N3S/c1-7-12-20-17-18(3)23-22(19(20)4)27-24(26-21-13-10-9-11-14-21)28(23)15-16-29-25(5,6)8-2/h9-11,13-14,17-19H,7-8,12,15-16H2,1-6H3,(H,26,27). The van der Waals surface area contributed by atoms with Gasteiger partial charge in [0.2, 0.25) is 5.95 Å². The summed E-state index contributed by atoms with van der Waals surface area (Å²) in [6.07, 6.45) is 6.03. The van der Waals surface area contributed by atoms with Crippen LogP contribution in [0.15, 0.2) is 42.0 Å². The van der Waals surface area contributed by atoms with Gasteiger partial charge in [0, 0.05) is 40.3 Å². The molecule has 1 heterocycles. The van der Waals surface area contributed by atoms with Crippen LogP contribution in [0.3, 0.4) is 0 Å². The van der Waals surface area contributed by atoms with Gasteiger partial charge in [0.25, 0.3) is 0 Å². The Morgan fingerprint density at radius 1 is 1.14 bits per heavy atom. The van der Waals surface area contributed by atoms with E-state index >= 15 is 0 Å². The average Bonchev–Trinajstić information content (AvgIpc) is 3.06. The van der Waals surface area contributed by atoms with Crippen molar-refractivity contribution in [3.05, 3.63) is 53.4 Å². The number of nitrogens with one attached hydrogen (secondary N) is 1. The van der Waals surface area contributed by atoms with Crippen molar-refractivity contribution in [3.63, 3.8) is 0 Å². The van der Waals surface area contributed by atoms with E-state index in [9.17, 15) is 0 Å². The van der Waals surface area contributed by atoms with Crippen molar-refractivity contribution in [1.82, 2.24) is 9.55 Å². The number of allylic oxidation sites excluding steroid dienone is 2. The molecule has 1 aliphatic rings. The van der Waals surface area contributed by atoms with Crippen molar-refractivity contribution in [2.45, 2.75) is 83.9 Å². The number of thioether (sulfide) groups is 1. The van der Waals surface area contributed by atoms with E-state index in [0.29, 0.717) is 16.6 Å². The minimum absolute atomic E-state index is 0.320. The number of rotatable bonds is 9. The topological polar surface area (TPSA) is 29.9 Å². The molecule has 29 heavy (non-hydrogen) atoms. The van der Waals surface area contributed by atoms with Gasteiger partial charge >= 0.3 is 0 Å². The molecule has 0 spiro atoms. The highest BCUT2D eigenvalue weighted by molar-refractivity contribution is 8.00. The molecule has 3 nitrogen and oxygen atoms in total. The number of imidazole rings is 1. The maximum Gasteiger partial charge on any atom is 0.207 e. The van der Waals surface area contributed by atoms with Gasteiger partial charge in [-0.1, -0.05) is 77.8 Å². The molecule has 0 amide bonds. The lowest BCUT2D eigenvalue weighted by molar-refractivity contribution is 0.648. The lowest BCUT2D eigenvalue weighted by Crippen LogP contribution is -2.18. The van der Waals surface area contributed by atoms with Gasteiger partial charge in [-0.15, -0.1) is 0 Å². The van der Waals surface area contributed by atoms with E-state index in [1.54, 1.807) is 5.57 Å². The Labute approximate surface area is 181 Å². The maximum absolute atomic E-state index is 5.15. The van der Waals surface area contributed by atoms with Crippen molar-refractivity contribution in [2.24, 2.45) is 0 Å². The summed E-state index contributed by atoms with van der Waals surface area (Å²) in [5.74, 6) is 2.89. The highest BCUT2D eigenvalue weighted by atomic mass is 32.2. The molecule has 0 radical (unpaired) electrons. The minimum Gasteiger partial charge on any atom is -0.326 e. The van der Waals surface area contributed by atoms with Crippen LogP contribution in [-0.2, 0) is 6.54 Å². The van der Waals surface area contributed by atoms with Crippen molar-refractivity contribution in [2.75, 3.05) is 11.1 Å². The number of anilines is 2. The number of para-hydroxylation sites is 1. The van der Waals surface area contributed by atoms with Crippen LogP contribution in [0.1, 0.15) is 84.0 Å². The Bertz CT molecular complexity index is 835. The number of fused-ring (bicyclic) bond motifs is 1. The van der Waals surface area contributed by atoms with E-state index in [0.717, 1.165) is 23.9 Å². The lowest BCUT2D eigenvalue weighted by Gasteiger charge is -2.26. The molecule has 158 valence electrons. The summed E-state index contributed by atoms with van der Waals surface area (Å²) in [5.41, 5.74) is 5.30. The van der Waals surface area contributed by atoms with Gasteiger partial charge < -0.3 is 9.88 Å². The molecule has 0 aliphatic heterocycles. The van der Waals surface area contributed by atoms with Crippen LogP contribution in [0, 0.1) is 0 Å². The summed E-state index contributed by atoms with van der Waals surface area (Å²) in [6, 6.07) is 10.4. The Kier molecular flexibility index (Phi) is 7.15. The van der Waals surface area contributed by atoms with E-state index in [-0.39, 0.29) is 0 Å². The molecule has 2 unspecified atom stereocenters. The molecule has 1 aromatic heterocycles. The molecular formula is C25H37N3S. The first-order valence-electron chi connectivity index (χ1n) is 11.1. The fourth-order valence-electron chi connectivity index (χ4n) is 4.08. The number of hydrogen-bond donors (Lipinski definition) is 1. The van der Waals surface area contributed by atoms with E-state index in [1.807, 2.05) is 0 Å². The first-order valence-corrected chi connectivity index (χ1v) is 12.1. The van der Waals surface area contributed by atoms with Crippen LogP contribution in [0.4, 0.5) is 11.6 Å². The van der Waals surface area contributed by atoms with Gasteiger partial charge in [-0.25, -0.2) is 4.98 Å². The Hall–Kier alpha value is -1.68. The summed E-state index contributed by atoms with van der Waals surface area (Å²) in [6.45, 7) is 14.9. The summed E-state index contributed by atoms with van der Waals surface area (Å²) >= 11 is 2.06. The van der Waals surface area contributed by atoms with Crippen molar-refractivity contribution < 1.29 is 0 Å². The summed E-state index contributed by atoms with van der Waals surface area (Å²) in [4.78, 5) is 5.15. The third-order valence-electron chi connectivity index (χ3n) is 6.12. The highest BCUT2D eigenvalue weighted by Crippen LogP contribution is 2.41. The Morgan fingerprint density at radius 2 is 1.86 bits per heavy atom. The van der Waals surface area contributed by atoms with Crippen LogP contribution >= 0.6 is 11.8 Å². The number of nitrogens with zero attached hydrogens (tertiary/aromatic N) is 2. The number of hydrogen-bond acceptors (Lipinski definition) is 3. The molecule has 4 heteroatoms. The van der Waals surface area contributed by atoms with Crippen LogP contribution < -0.4 is 5.32 Å². The zero-order chi connectivity index (χ0) is 21.0. The molecule has 0 saturated heterocycles. The monoisotopic (exact) mass is 411 g/mol. The van der Waals surface area contributed by atoms with Crippen molar-refractivity contribution in [3.8, 4) is 0 Å². The normalized spacial score (nSPS) is 19.0. The minimum atomic E-state index is 0.320. The van der Waals surface area contributed by atoms with Gasteiger partial charge in [0.15, 0.2) is 0 Å². The molecular weight excluding hydrogens is 374 g/mol. The second kappa shape index (κ2) is 9.42. The third kappa shape index (κ3) is 5.09. The number of aromatic nitrogens is 2. The molecule has 0 fully saturated rings. The molecule has 1 aliphatic carbocycles. The lowest BCUT2D eigenvalue weighted by atomic mass is 9.83. The third-order valence-corrected chi connectivity index (χ3v) is 7.58. The second-order valence-electron chi connectivity index (χ2n) is 8.81. The van der Waals surface area contributed by atoms with Crippen molar-refractivity contribution >= 4 is 23.4 Å². The predicted octanol–water partition coefficient (Wildman–Crippen LogP) is 7.50. The zero-order valence-electron chi connectivity index (χ0n) is 19.0. The maximum atomic E-state index is 5.15. The van der Waals surface area contributed by atoms with E-state index in [1.165, 1.54) is 30.7 Å². The SMILES string of the molecule is CCCC1=CC(C)c2c(nc(Nc3ccccc3)n2CCSC(C)(C)CC)C1C. The molecule has 1 aromatic carbocycles. The zero-order valence-corrected chi connectivity index (χ0v) is 19.8. The first-order chi connectivity index (χ1) is 13.9. The quantitative estimate of drug-likeness (QED) is 0.433. The summed E-state index contributed by atoms with van der Waals surface area (Å²) in [7, 11) is 0. The highest BCUT2D eigenvalue weighted by Gasteiger charge is 2.30. The van der Waals surface area contributed by atoms with Crippen LogP contribution in [-0.4, -0.2) is 20.1 Å². The van der Waals surface area contributed by atoms with Gasteiger partial charge in [-0.2, -0.15) is 11.8 Å². The first kappa shape index (κ1) is 22.0. The molecule has 2 atom stereocenters. The van der Waals surface area contributed by atoms with Crippen LogP contribution in [0.2, 0.25) is 0 Å². The Morgan fingerprint density at radius 3 is 2.52 bits per heavy atom. The smallest absolute Gasteiger partial charge is 0.207 e. The second-order valence-corrected chi connectivity index (χ2v) is 10.6. The fraction of sp³-hybridized carbons (Fsp3) is 0.560. The van der Waals surface area contributed by atoms with E-state index in [2.05, 4.69) is 99.6 Å². The summed E-state index contributed by atoms with van der Waals surface area (Å²) in [5, 5.41) is 3.60. The average molecular weight is 412 g/mol. The number of benzene rings is 1. The summed E-state index contributed by atoms with van der Waals surface area (Å²) < 4.78 is 2.77. The Balaban J connectivity index is 1.93. The molecule has 3 rings (SSSR count). The predicted molar refractivity (Wildman–Crippen MR) is 129 cm³/mol.